The minimum absolute atomic E-state index is 0.0976. The van der Waals surface area contributed by atoms with Gasteiger partial charge >= 0.3 is 0 Å². The largest absolute Gasteiger partial charge is 0.288 e. The van der Waals surface area contributed by atoms with Crippen LogP contribution < -0.4 is 0 Å². The third-order valence-electron chi connectivity index (χ3n) is 3.71. The zero-order valence-electron chi connectivity index (χ0n) is 10.3. The van der Waals surface area contributed by atoms with Gasteiger partial charge in [0.2, 0.25) is 5.78 Å². The summed E-state index contributed by atoms with van der Waals surface area (Å²) in [6, 6.07) is 6.93. The first-order valence-corrected chi connectivity index (χ1v) is 7.03. The number of nitrogens with zero attached hydrogens (tertiary/aromatic N) is 1. The molecule has 0 spiro atoms. The molecule has 0 fully saturated rings. The van der Waals surface area contributed by atoms with Gasteiger partial charge in [-0.05, 0) is 22.2 Å². The number of halogens is 1. The summed E-state index contributed by atoms with van der Waals surface area (Å²) >= 11 is 3.44. The predicted octanol–water partition coefficient (Wildman–Crippen LogP) is 3.38. The number of carbonyl (C=O) groups excluding carboxylic acids is 2. The molecule has 4 rings (SSSR count). The highest BCUT2D eigenvalue weighted by molar-refractivity contribution is 9.11. The van der Waals surface area contributed by atoms with Crippen molar-refractivity contribution in [2.45, 2.75) is 6.42 Å². The molecule has 20 heavy (non-hydrogen) atoms. The predicted molar refractivity (Wildman–Crippen MR) is 79.3 cm³/mol. The summed E-state index contributed by atoms with van der Waals surface area (Å²) in [6.07, 6.45) is 4.35. The monoisotopic (exact) mass is 325 g/mol. The molecule has 0 saturated heterocycles. The maximum absolute atomic E-state index is 12.7. The van der Waals surface area contributed by atoms with Crippen molar-refractivity contribution in [3.05, 3.63) is 68.9 Å². The third-order valence-corrected chi connectivity index (χ3v) is 4.25. The van der Waals surface area contributed by atoms with Crippen molar-refractivity contribution in [2.24, 2.45) is 4.99 Å². The Morgan fingerprint density at radius 2 is 1.70 bits per heavy atom. The van der Waals surface area contributed by atoms with Gasteiger partial charge in [-0.15, -0.1) is 0 Å². The summed E-state index contributed by atoms with van der Waals surface area (Å²) in [6.45, 7) is 0. The summed E-state index contributed by atoms with van der Waals surface area (Å²) in [5.41, 5.74) is 3.28. The van der Waals surface area contributed by atoms with E-state index >= 15 is 0 Å². The Hall–Kier alpha value is -2.07. The van der Waals surface area contributed by atoms with E-state index < -0.39 is 0 Å². The summed E-state index contributed by atoms with van der Waals surface area (Å²) in [7, 11) is 0. The van der Waals surface area contributed by atoms with Crippen molar-refractivity contribution >= 4 is 33.2 Å². The molecule has 0 unspecified atom stereocenters. The lowest BCUT2D eigenvalue weighted by Gasteiger charge is -2.17. The zero-order valence-corrected chi connectivity index (χ0v) is 11.9. The SMILES string of the molecule is O=C1C2=NC3=CC=C(Br)CC3=C2C(=O)c2ccccc21. The van der Waals surface area contributed by atoms with Crippen LogP contribution in [-0.4, -0.2) is 17.3 Å². The normalized spacial score (nSPS) is 19.9. The number of Topliss-reactive ketones (excluding diaryl/α,β-unsaturated/α-hetero) is 2. The number of rotatable bonds is 0. The molecule has 2 aliphatic carbocycles. The van der Waals surface area contributed by atoms with Gasteiger partial charge in [0.15, 0.2) is 5.78 Å². The smallest absolute Gasteiger partial charge is 0.212 e. The second-order valence-electron chi connectivity index (χ2n) is 4.86. The summed E-state index contributed by atoms with van der Waals surface area (Å²) in [4.78, 5) is 29.5. The van der Waals surface area contributed by atoms with Gasteiger partial charge in [-0.3, -0.25) is 9.59 Å². The van der Waals surface area contributed by atoms with E-state index in [2.05, 4.69) is 20.9 Å². The van der Waals surface area contributed by atoms with Gasteiger partial charge in [-0.2, -0.15) is 0 Å². The van der Waals surface area contributed by atoms with Crippen molar-refractivity contribution in [2.75, 3.05) is 0 Å². The average molecular weight is 326 g/mol. The van der Waals surface area contributed by atoms with E-state index in [1.54, 1.807) is 24.3 Å². The van der Waals surface area contributed by atoms with Gasteiger partial charge in [0.25, 0.3) is 0 Å². The van der Waals surface area contributed by atoms with Crippen molar-refractivity contribution in [1.29, 1.82) is 0 Å². The Morgan fingerprint density at radius 3 is 2.45 bits per heavy atom. The van der Waals surface area contributed by atoms with Crippen LogP contribution in [0.1, 0.15) is 27.1 Å². The second-order valence-corrected chi connectivity index (χ2v) is 5.88. The number of ketones is 2. The number of hydrogen-bond donors (Lipinski definition) is 0. The second kappa shape index (κ2) is 3.96. The molecule has 1 aliphatic heterocycles. The van der Waals surface area contributed by atoms with Gasteiger partial charge < -0.3 is 0 Å². The molecule has 0 radical (unpaired) electrons. The topological polar surface area (TPSA) is 46.5 Å². The minimum Gasteiger partial charge on any atom is -0.288 e. The molecule has 0 amide bonds. The van der Waals surface area contributed by atoms with Crippen LogP contribution in [0, 0.1) is 0 Å². The Kier molecular flexibility index (Phi) is 2.32. The van der Waals surface area contributed by atoms with Gasteiger partial charge in [0, 0.05) is 17.5 Å². The fourth-order valence-electron chi connectivity index (χ4n) is 2.78. The van der Waals surface area contributed by atoms with Crippen LogP contribution in [0.4, 0.5) is 0 Å². The first-order chi connectivity index (χ1) is 9.66. The fourth-order valence-corrected chi connectivity index (χ4v) is 3.19. The summed E-state index contributed by atoms with van der Waals surface area (Å²) < 4.78 is 0.985. The summed E-state index contributed by atoms with van der Waals surface area (Å²) in [5, 5.41) is 0. The molecule has 1 heterocycles. The minimum atomic E-state index is -0.158. The highest BCUT2D eigenvalue weighted by Gasteiger charge is 2.40. The summed E-state index contributed by atoms with van der Waals surface area (Å²) in [5.74, 6) is -0.256. The number of hydrogen-bond acceptors (Lipinski definition) is 3. The lowest BCUT2D eigenvalue weighted by Crippen LogP contribution is -2.29. The van der Waals surface area contributed by atoms with Crippen LogP contribution in [0.2, 0.25) is 0 Å². The molecule has 96 valence electrons. The Morgan fingerprint density at radius 1 is 1.00 bits per heavy atom. The van der Waals surface area contributed by atoms with Gasteiger partial charge in [0.05, 0.1) is 11.3 Å². The molecule has 1 aromatic rings. The third kappa shape index (κ3) is 1.42. The van der Waals surface area contributed by atoms with Crippen molar-refractivity contribution in [3.63, 3.8) is 0 Å². The Bertz CT molecular complexity index is 825. The average Bonchev–Trinajstić information content (AvgIpc) is 2.84. The van der Waals surface area contributed by atoms with E-state index in [1.165, 1.54) is 0 Å². The van der Waals surface area contributed by atoms with Gasteiger partial charge in [-0.1, -0.05) is 40.2 Å². The van der Waals surface area contributed by atoms with Crippen molar-refractivity contribution in [3.8, 4) is 0 Å². The van der Waals surface area contributed by atoms with Crippen LogP contribution in [0.15, 0.2) is 62.7 Å². The quantitative estimate of drug-likeness (QED) is 0.734. The van der Waals surface area contributed by atoms with Gasteiger partial charge in [0.1, 0.15) is 5.71 Å². The molecule has 0 aromatic heterocycles. The zero-order chi connectivity index (χ0) is 13.9. The van der Waals surface area contributed by atoms with E-state index in [-0.39, 0.29) is 11.6 Å². The van der Waals surface area contributed by atoms with E-state index in [1.807, 2.05) is 12.2 Å². The van der Waals surface area contributed by atoms with Crippen LogP contribution in [0.25, 0.3) is 0 Å². The number of allylic oxidation sites excluding steroid dienone is 5. The van der Waals surface area contributed by atoms with Crippen LogP contribution in [0.5, 0.6) is 0 Å². The van der Waals surface area contributed by atoms with E-state index in [4.69, 9.17) is 0 Å². The Balaban J connectivity index is 2.01. The maximum Gasteiger partial charge on any atom is 0.212 e. The van der Waals surface area contributed by atoms with Crippen LogP contribution in [0.3, 0.4) is 0 Å². The van der Waals surface area contributed by atoms with Crippen molar-refractivity contribution < 1.29 is 9.59 Å². The first kappa shape index (κ1) is 11.7. The number of fused-ring (bicyclic) bond motifs is 3. The van der Waals surface area contributed by atoms with E-state index in [9.17, 15) is 9.59 Å². The molecule has 0 bridgehead atoms. The fraction of sp³-hybridized carbons (Fsp3) is 0.0625. The highest BCUT2D eigenvalue weighted by Crippen LogP contribution is 2.39. The van der Waals surface area contributed by atoms with Crippen molar-refractivity contribution in [1.82, 2.24) is 0 Å². The number of carbonyl (C=O) groups is 2. The number of benzene rings is 1. The van der Waals surface area contributed by atoms with Crippen LogP contribution >= 0.6 is 15.9 Å². The molecule has 4 heteroatoms. The molecular formula is C16H8BrNO2. The molecule has 0 N–H and O–H groups in total. The first-order valence-electron chi connectivity index (χ1n) is 6.24. The highest BCUT2D eigenvalue weighted by atomic mass is 79.9. The molecule has 0 atom stereocenters. The molecule has 3 aliphatic rings. The maximum atomic E-state index is 12.7. The number of aliphatic imine (C=N–C) groups is 1. The lowest BCUT2D eigenvalue weighted by molar-refractivity contribution is 0.0998. The lowest BCUT2D eigenvalue weighted by atomic mass is 9.82. The molecule has 0 saturated carbocycles. The molecular weight excluding hydrogens is 318 g/mol. The molecule has 3 nitrogen and oxygen atoms in total. The van der Waals surface area contributed by atoms with E-state index in [0.717, 1.165) is 15.8 Å². The Labute approximate surface area is 123 Å². The van der Waals surface area contributed by atoms with Gasteiger partial charge in [-0.25, -0.2) is 4.99 Å². The van der Waals surface area contributed by atoms with E-state index in [0.29, 0.717) is 28.8 Å². The standard InChI is InChI=1S/C16H8BrNO2/c17-8-5-6-12-11(7-8)13-14(18-12)16(20)10-4-2-1-3-9(10)15(13)19/h1-6H,7H2. The van der Waals surface area contributed by atoms with Crippen LogP contribution in [-0.2, 0) is 0 Å². The molecule has 1 aromatic carbocycles.